The number of anilines is 1. The summed E-state index contributed by atoms with van der Waals surface area (Å²) >= 11 is 0. The number of amides is 1. The van der Waals surface area contributed by atoms with Crippen LogP contribution >= 0.6 is 0 Å². The largest absolute Gasteiger partial charge is 0.479 e. The van der Waals surface area contributed by atoms with Gasteiger partial charge in [0.05, 0.1) is 12.7 Å². The van der Waals surface area contributed by atoms with Crippen LogP contribution in [0.1, 0.15) is 41.1 Å². The molecule has 0 radical (unpaired) electrons. The molecule has 0 aliphatic carbocycles. The molecule has 0 saturated heterocycles. The smallest absolute Gasteiger partial charge is 0.417 e. The number of methoxy groups -OCH3 is 1. The molecule has 4 aromatic rings. The SMILES string of the molecule is COc1nn(-c2ccc(C(F)(F)F)cn2)cc1C(=O)Nc1cccc(-c2nnc3n2[C@@H](C)CC3)n1. The number of carbonyl (C=O) groups is 1. The van der Waals surface area contributed by atoms with E-state index in [1.54, 1.807) is 18.2 Å². The Morgan fingerprint density at radius 1 is 1.20 bits per heavy atom. The van der Waals surface area contributed by atoms with Crippen molar-refractivity contribution in [3.05, 3.63) is 59.7 Å². The van der Waals surface area contributed by atoms with Gasteiger partial charge in [-0.15, -0.1) is 15.3 Å². The monoisotopic (exact) mass is 484 g/mol. The molecule has 1 N–H and O–H groups in total. The average molecular weight is 484 g/mol. The van der Waals surface area contributed by atoms with Crippen LogP contribution in [0.4, 0.5) is 19.0 Å². The molecule has 1 atom stereocenters. The lowest BCUT2D eigenvalue weighted by molar-refractivity contribution is -0.137. The standard InChI is InChI=1S/C22H19F3N8O2/c1-12-6-8-18-29-30-19(33(12)18)15-4-3-5-16(27-15)28-20(34)14-11-32(31-21(14)35-2)17-9-7-13(10-26-17)22(23,24)25/h3-5,7,9-12H,6,8H2,1-2H3,(H,27,28,34)/t12-/m0/s1. The molecular weight excluding hydrogens is 465 g/mol. The Bertz CT molecular complexity index is 1390. The highest BCUT2D eigenvalue weighted by molar-refractivity contribution is 6.05. The summed E-state index contributed by atoms with van der Waals surface area (Å²) in [6.07, 6.45) is -0.667. The van der Waals surface area contributed by atoms with E-state index in [2.05, 4.69) is 37.5 Å². The van der Waals surface area contributed by atoms with Crippen LogP contribution in [0.2, 0.25) is 0 Å². The maximum atomic E-state index is 13.0. The van der Waals surface area contributed by atoms with Crippen LogP contribution in [-0.4, -0.2) is 47.5 Å². The molecule has 35 heavy (non-hydrogen) atoms. The number of ether oxygens (including phenoxy) is 1. The zero-order valence-electron chi connectivity index (χ0n) is 18.6. The first-order valence-corrected chi connectivity index (χ1v) is 10.6. The lowest BCUT2D eigenvalue weighted by Gasteiger charge is -2.10. The van der Waals surface area contributed by atoms with Crippen molar-refractivity contribution in [2.24, 2.45) is 0 Å². The van der Waals surface area contributed by atoms with E-state index in [-0.39, 0.29) is 29.1 Å². The highest BCUT2D eigenvalue weighted by atomic mass is 19.4. The quantitative estimate of drug-likeness (QED) is 0.460. The van der Waals surface area contributed by atoms with Crippen LogP contribution in [0.15, 0.2) is 42.7 Å². The number of rotatable bonds is 5. The Balaban J connectivity index is 1.39. The minimum Gasteiger partial charge on any atom is -0.479 e. The fourth-order valence-corrected chi connectivity index (χ4v) is 3.88. The third-order valence-corrected chi connectivity index (χ3v) is 5.64. The van der Waals surface area contributed by atoms with Crippen LogP contribution in [0.3, 0.4) is 0 Å². The van der Waals surface area contributed by atoms with Gasteiger partial charge in [-0.05, 0) is 37.6 Å². The lowest BCUT2D eigenvalue weighted by Crippen LogP contribution is -2.14. The zero-order valence-corrected chi connectivity index (χ0v) is 18.6. The Hall–Kier alpha value is -4.29. The van der Waals surface area contributed by atoms with E-state index in [0.29, 0.717) is 17.7 Å². The molecule has 4 aromatic heterocycles. The van der Waals surface area contributed by atoms with Gasteiger partial charge in [-0.2, -0.15) is 13.2 Å². The fourth-order valence-electron chi connectivity index (χ4n) is 3.88. The average Bonchev–Trinajstić information content (AvgIpc) is 3.55. The van der Waals surface area contributed by atoms with E-state index in [9.17, 15) is 18.0 Å². The number of carbonyl (C=O) groups excluding carboxylic acids is 1. The first-order valence-electron chi connectivity index (χ1n) is 10.6. The molecule has 0 spiro atoms. The maximum Gasteiger partial charge on any atom is 0.417 e. The first kappa shape index (κ1) is 22.5. The Labute approximate surface area is 196 Å². The number of hydrogen-bond donors (Lipinski definition) is 1. The molecule has 0 bridgehead atoms. The number of halogens is 3. The molecule has 13 heteroatoms. The molecule has 0 fully saturated rings. The van der Waals surface area contributed by atoms with Gasteiger partial charge in [0, 0.05) is 24.9 Å². The number of fused-ring (bicyclic) bond motifs is 1. The van der Waals surface area contributed by atoms with Gasteiger partial charge in [0.1, 0.15) is 22.9 Å². The van der Waals surface area contributed by atoms with Crippen molar-refractivity contribution < 1.29 is 22.7 Å². The van der Waals surface area contributed by atoms with Gasteiger partial charge in [-0.1, -0.05) is 6.07 Å². The topological polar surface area (TPSA) is 113 Å². The normalized spacial score (nSPS) is 15.2. The number of nitrogens with zero attached hydrogens (tertiary/aromatic N) is 7. The van der Waals surface area contributed by atoms with Gasteiger partial charge in [0.2, 0.25) is 5.88 Å². The molecule has 5 rings (SSSR count). The van der Waals surface area contributed by atoms with Crippen molar-refractivity contribution in [1.29, 1.82) is 0 Å². The van der Waals surface area contributed by atoms with Crippen molar-refractivity contribution in [2.75, 3.05) is 12.4 Å². The second-order valence-corrected chi connectivity index (χ2v) is 7.96. The third-order valence-electron chi connectivity index (χ3n) is 5.64. The first-order chi connectivity index (χ1) is 16.7. The minimum absolute atomic E-state index is 0.0237. The van der Waals surface area contributed by atoms with Gasteiger partial charge < -0.3 is 14.6 Å². The van der Waals surface area contributed by atoms with Crippen molar-refractivity contribution in [2.45, 2.75) is 32.0 Å². The third kappa shape index (κ3) is 4.20. The van der Waals surface area contributed by atoms with Gasteiger partial charge in [0.25, 0.3) is 5.91 Å². The summed E-state index contributed by atoms with van der Waals surface area (Å²) in [5, 5.41) is 15.3. The van der Waals surface area contributed by atoms with Crippen LogP contribution in [-0.2, 0) is 12.6 Å². The molecular formula is C22H19F3N8O2. The second kappa shape index (κ2) is 8.49. The van der Waals surface area contributed by atoms with Crippen molar-refractivity contribution in [3.63, 3.8) is 0 Å². The fraction of sp³-hybridized carbons (Fsp3) is 0.273. The molecule has 1 amide bonds. The maximum absolute atomic E-state index is 13.0. The van der Waals surface area contributed by atoms with E-state index in [4.69, 9.17) is 4.74 Å². The molecule has 10 nitrogen and oxygen atoms in total. The van der Waals surface area contributed by atoms with Gasteiger partial charge in [-0.25, -0.2) is 14.6 Å². The summed E-state index contributed by atoms with van der Waals surface area (Å²) in [6, 6.07) is 7.44. The molecule has 1 aliphatic heterocycles. The van der Waals surface area contributed by atoms with Crippen LogP contribution in [0, 0.1) is 0 Å². The van der Waals surface area contributed by atoms with Gasteiger partial charge in [-0.3, -0.25) is 4.79 Å². The summed E-state index contributed by atoms with van der Waals surface area (Å²) in [5.41, 5.74) is -0.276. The Kier molecular flexibility index (Phi) is 5.46. The molecule has 0 unspecified atom stereocenters. The second-order valence-electron chi connectivity index (χ2n) is 7.96. The Morgan fingerprint density at radius 3 is 2.74 bits per heavy atom. The summed E-state index contributed by atoms with van der Waals surface area (Å²) in [6.45, 7) is 2.09. The number of nitrogens with one attached hydrogen (secondary N) is 1. The summed E-state index contributed by atoms with van der Waals surface area (Å²) in [7, 11) is 1.33. The summed E-state index contributed by atoms with van der Waals surface area (Å²) in [4.78, 5) is 21.3. The van der Waals surface area contributed by atoms with Crippen LogP contribution in [0.5, 0.6) is 5.88 Å². The molecule has 0 aromatic carbocycles. The number of hydrogen-bond acceptors (Lipinski definition) is 7. The number of alkyl halides is 3. The van der Waals surface area contributed by atoms with Crippen molar-refractivity contribution in [3.8, 4) is 23.2 Å². The van der Waals surface area contributed by atoms with E-state index in [1.807, 2.05) is 4.57 Å². The number of pyridine rings is 2. The number of aromatic nitrogens is 7. The van der Waals surface area contributed by atoms with Gasteiger partial charge >= 0.3 is 6.18 Å². The van der Waals surface area contributed by atoms with E-state index in [1.165, 1.54) is 18.0 Å². The van der Waals surface area contributed by atoms with Crippen molar-refractivity contribution in [1.82, 2.24) is 34.5 Å². The lowest BCUT2D eigenvalue weighted by atomic mass is 10.2. The zero-order chi connectivity index (χ0) is 24.7. The number of aryl methyl sites for hydroxylation is 1. The minimum atomic E-state index is -4.51. The highest BCUT2D eigenvalue weighted by Gasteiger charge is 2.31. The van der Waals surface area contributed by atoms with Gasteiger partial charge in [0.15, 0.2) is 11.6 Å². The van der Waals surface area contributed by atoms with E-state index < -0.39 is 17.6 Å². The summed E-state index contributed by atoms with van der Waals surface area (Å²) in [5.74, 6) is 1.30. The van der Waals surface area contributed by atoms with E-state index in [0.717, 1.165) is 30.8 Å². The molecule has 0 saturated carbocycles. The molecule has 5 heterocycles. The van der Waals surface area contributed by atoms with Crippen LogP contribution in [0.25, 0.3) is 17.3 Å². The van der Waals surface area contributed by atoms with Crippen molar-refractivity contribution >= 4 is 11.7 Å². The predicted molar refractivity (Wildman–Crippen MR) is 117 cm³/mol. The van der Waals surface area contributed by atoms with Crippen LogP contribution < -0.4 is 10.1 Å². The molecule has 1 aliphatic rings. The van der Waals surface area contributed by atoms with E-state index >= 15 is 0 Å². The predicted octanol–water partition coefficient (Wildman–Crippen LogP) is 3.71. The Morgan fingerprint density at radius 2 is 2.03 bits per heavy atom. The highest BCUT2D eigenvalue weighted by Crippen LogP contribution is 2.31. The molecule has 180 valence electrons. The summed E-state index contributed by atoms with van der Waals surface area (Å²) < 4.78 is 46.8.